The summed E-state index contributed by atoms with van der Waals surface area (Å²) < 4.78 is 4.49. The Bertz CT molecular complexity index is 311. The number of carbonyl (C=O) groups is 2. The van der Waals surface area contributed by atoms with Gasteiger partial charge in [-0.3, -0.25) is 4.79 Å². The normalized spacial score (nSPS) is 11.5. The first kappa shape index (κ1) is 14.4. The van der Waals surface area contributed by atoms with Gasteiger partial charge in [0.15, 0.2) is 5.78 Å². The molecule has 0 fully saturated rings. The van der Waals surface area contributed by atoms with E-state index in [1.807, 2.05) is 6.92 Å². The summed E-state index contributed by atoms with van der Waals surface area (Å²) in [5.41, 5.74) is 0.361. The number of ketones is 1. The number of esters is 1. The predicted molar refractivity (Wildman–Crippen MR) is 64.0 cm³/mol. The summed E-state index contributed by atoms with van der Waals surface area (Å²) >= 11 is 0. The Morgan fingerprint density at radius 1 is 1.38 bits per heavy atom. The molecule has 0 N–H and O–H groups in total. The molecule has 0 aliphatic rings. The minimum absolute atomic E-state index is 0.0506. The number of ether oxygens (including phenoxy) is 1. The lowest BCUT2D eigenvalue weighted by molar-refractivity contribution is -0.135. The van der Waals surface area contributed by atoms with Gasteiger partial charge >= 0.3 is 5.97 Å². The summed E-state index contributed by atoms with van der Waals surface area (Å²) in [5, 5.41) is 0. The van der Waals surface area contributed by atoms with Gasteiger partial charge in [-0.05, 0) is 6.42 Å². The van der Waals surface area contributed by atoms with Crippen molar-refractivity contribution in [1.29, 1.82) is 0 Å². The van der Waals surface area contributed by atoms with Gasteiger partial charge in [0.25, 0.3) is 0 Å². The Morgan fingerprint density at radius 3 is 2.56 bits per heavy atom. The van der Waals surface area contributed by atoms with Crippen molar-refractivity contribution in [1.82, 2.24) is 0 Å². The average molecular weight is 222 g/mol. The lowest BCUT2D eigenvalue weighted by Gasteiger charge is -2.00. The fraction of sp³-hybridized carbons (Fsp3) is 0.385. The van der Waals surface area contributed by atoms with Gasteiger partial charge in [0, 0.05) is 18.1 Å². The third-order valence-electron chi connectivity index (χ3n) is 1.97. The van der Waals surface area contributed by atoms with E-state index in [-0.39, 0.29) is 5.78 Å². The number of allylic oxidation sites excluding steroid dienone is 4. The molecule has 16 heavy (non-hydrogen) atoms. The number of carbonyl (C=O) groups excluding carboxylic acids is 2. The van der Waals surface area contributed by atoms with E-state index in [1.165, 1.54) is 13.2 Å². The molecular formula is C13H18O3. The lowest BCUT2D eigenvalue weighted by atomic mass is 10.0. The Morgan fingerprint density at radius 2 is 2.06 bits per heavy atom. The zero-order valence-electron chi connectivity index (χ0n) is 9.86. The van der Waals surface area contributed by atoms with Crippen LogP contribution in [-0.4, -0.2) is 18.9 Å². The van der Waals surface area contributed by atoms with E-state index >= 15 is 0 Å². The summed E-state index contributed by atoms with van der Waals surface area (Å²) in [4.78, 5) is 22.8. The van der Waals surface area contributed by atoms with Gasteiger partial charge < -0.3 is 4.74 Å². The molecule has 0 aromatic rings. The number of methoxy groups -OCH3 is 1. The Labute approximate surface area is 96.5 Å². The SMILES string of the molecule is C=C/C=C\C(=C\C(=O)OC)C(=O)CCCC. The molecule has 0 rings (SSSR count). The third kappa shape index (κ3) is 5.96. The quantitative estimate of drug-likeness (QED) is 0.378. The van der Waals surface area contributed by atoms with Crippen molar-refractivity contribution in [3.63, 3.8) is 0 Å². The fourth-order valence-corrected chi connectivity index (χ4v) is 1.06. The van der Waals surface area contributed by atoms with Crippen LogP contribution in [0.4, 0.5) is 0 Å². The average Bonchev–Trinajstić information content (AvgIpc) is 2.30. The van der Waals surface area contributed by atoms with Crippen LogP contribution in [0, 0.1) is 0 Å². The van der Waals surface area contributed by atoms with Crippen molar-refractivity contribution in [2.75, 3.05) is 7.11 Å². The van der Waals surface area contributed by atoms with E-state index in [0.29, 0.717) is 12.0 Å². The standard InChI is InChI=1S/C13H18O3/c1-4-6-8-11(10-13(15)16-3)12(14)9-7-5-2/h4,6,8,10H,1,5,7,9H2,2-3H3/b8-6-,11-10-. The fourth-order valence-electron chi connectivity index (χ4n) is 1.06. The molecule has 3 heteroatoms. The Balaban J connectivity index is 4.72. The van der Waals surface area contributed by atoms with E-state index in [4.69, 9.17) is 0 Å². The molecule has 0 aromatic carbocycles. The van der Waals surface area contributed by atoms with Crippen LogP contribution in [0.25, 0.3) is 0 Å². The van der Waals surface area contributed by atoms with Crippen molar-refractivity contribution >= 4 is 11.8 Å². The number of rotatable bonds is 7. The first-order valence-electron chi connectivity index (χ1n) is 5.27. The molecule has 0 spiro atoms. The highest BCUT2D eigenvalue weighted by Crippen LogP contribution is 2.07. The zero-order chi connectivity index (χ0) is 12.4. The van der Waals surface area contributed by atoms with Crippen LogP contribution in [0.1, 0.15) is 26.2 Å². The molecule has 0 atom stereocenters. The summed E-state index contributed by atoms with van der Waals surface area (Å²) in [6, 6.07) is 0. The second-order valence-corrected chi connectivity index (χ2v) is 3.24. The molecule has 0 amide bonds. The summed E-state index contributed by atoms with van der Waals surface area (Å²) in [6.45, 7) is 5.52. The molecule has 0 saturated carbocycles. The zero-order valence-corrected chi connectivity index (χ0v) is 9.86. The third-order valence-corrected chi connectivity index (χ3v) is 1.97. The molecule has 0 radical (unpaired) electrons. The van der Waals surface area contributed by atoms with Crippen LogP contribution in [-0.2, 0) is 14.3 Å². The molecule has 0 aliphatic heterocycles. The topological polar surface area (TPSA) is 43.4 Å². The smallest absolute Gasteiger partial charge is 0.331 e. The van der Waals surface area contributed by atoms with Crippen molar-refractivity contribution < 1.29 is 14.3 Å². The van der Waals surface area contributed by atoms with Crippen LogP contribution in [0.2, 0.25) is 0 Å². The van der Waals surface area contributed by atoms with Gasteiger partial charge in [-0.25, -0.2) is 4.79 Å². The molecule has 0 aliphatic carbocycles. The highest BCUT2D eigenvalue weighted by atomic mass is 16.5. The van der Waals surface area contributed by atoms with Crippen LogP contribution >= 0.6 is 0 Å². The first-order valence-corrected chi connectivity index (χ1v) is 5.27. The molecule has 3 nitrogen and oxygen atoms in total. The highest BCUT2D eigenvalue weighted by Gasteiger charge is 2.08. The van der Waals surface area contributed by atoms with E-state index in [2.05, 4.69) is 11.3 Å². The van der Waals surface area contributed by atoms with E-state index < -0.39 is 5.97 Å². The van der Waals surface area contributed by atoms with Crippen molar-refractivity contribution in [3.05, 3.63) is 36.5 Å². The molecule has 0 unspecified atom stereocenters. The Kier molecular flexibility index (Phi) is 7.76. The monoisotopic (exact) mass is 222 g/mol. The maximum atomic E-state index is 11.7. The minimum Gasteiger partial charge on any atom is -0.466 e. The Hall–Kier alpha value is -1.64. The van der Waals surface area contributed by atoms with Gasteiger partial charge in [0.2, 0.25) is 0 Å². The molecule has 0 saturated heterocycles. The van der Waals surface area contributed by atoms with Gasteiger partial charge in [0.05, 0.1) is 7.11 Å². The van der Waals surface area contributed by atoms with E-state index in [9.17, 15) is 9.59 Å². The van der Waals surface area contributed by atoms with Crippen LogP contribution in [0.3, 0.4) is 0 Å². The maximum absolute atomic E-state index is 11.7. The predicted octanol–water partition coefficient (Wildman–Crippen LogP) is 2.59. The first-order chi connectivity index (χ1) is 7.65. The van der Waals surface area contributed by atoms with Gasteiger partial charge in [-0.2, -0.15) is 0 Å². The number of unbranched alkanes of at least 4 members (excludes halogenated alkanes) is 1. The summed E-state index contributed by atoms with van der Waals surface area (Å²) in [7, 11) is 1.28. The van der Waals surface area contributed by atoms with Crippen molar-refractivity contribution in [2.45, 2.75) is 26.2 Å². The summed E-state index contributed by atoms with van der Waals surface area (Å²) in [5.74, 6) is -0.570. The second kappa shape index (κ2) is 8.65. The number of hydrogen-bond acceptors (Lipinski definition) is 3. The van der Waals surface area contributed by atoms with E-state index in [0.717, 1.165) is 12.8 Å². The lowest BCUT2D eigenvalue weighted by Crippen LogP contribution is -2.04. The number of hydrogen-bond donors (Lipinski definition) is 0. The molecule has 0 bridgehead atoms. The van der Waals surface area contributed by atoms with Gasteiger partial charge in [-0.1, -0.05) is 38.2 Å². The van der Waals surface area contributed by atoms with Gasteiger partial charge in [-0.15, -0.1) is 0 Å². The van der Waals surface area contributed by atoms with E-state index in [1.54, 1.807) is 18.2 Å². The van der Waals surface area contributed by atoms with Gasteiger partial charge in [0.1, 0.15) is 0 Å². The molecule has 0 aromatic heterocycles. The molecule has 0 heterocycles. The highest BCUT2D eigenvalue weighted by molar-refractivity contribution is 6.02. The van der Waals surface area contributed by atoms with Crippen LogP contribution < -0.4 is 0 Å². The molecule has 88 valence electrons. The largest absolute Gasteiger partial charge is 0.466 e. The molecular weight excluding hydrogens is 204 g/mol. The second-order valence-electron chi connectivity index (χ2n) is 3.24. The van der Waals surface area contributed by atoms with Crippen LogP contribution in [0.5, 0.6) is 0 Å². The maximum Gasteiger partial charge on any atom is 0.331 e. The minimum atomic E-state index is -0.520. The van der Waals surface area contributed by atoms with Crippen LogP contribution in [0.15, 0.2) is 36.5 Å². The number of Topliss-reactive ketones (excluding diaryl/α,β-unsaturated/α-hetero) is 1. The summed E-state index contributed by atoms with van der Waals surface area (Å²) in [6.07, 6.45) is 8.17. The van der Waals surface area contributed by atoms with Crippen molar-refractivity contribution in [3.8, 4) is 0 Å². The van der Waals surface area contributed by atoms with Crippen molar-refractivity contribution in [2.24, 2.45) is 0 Å².